The van der Waals surface area contributed by atoms with Crippen molar-refractivity contribution in [2.45, 2.75) is 25.7 Å². The van der Waals surface area contributed by atoms with Gasteiger partial charge in [-0.05, 0) is 37.3 Å². The van der Waals surface area contributed by atoms with Crippen molar-refractivity contribution in [2.24, 2.45) is 5.92 Å². The van der Waals surface area contributed by atoms with Crippen LogP contribution in [0.3, 0.4) is 0 Å². The Kier molecular flexibility index (Phi) is 6.41. The molecule has 1 heterocycles. The molecule has 2 aromatic rings. The van der Waals surface area contributed by atoms with E-state index in [4.69, 9.17) is 0 Å². The highest BCUT2D eigenvalue weighted by Crippen LogP contribution is 2.31. The van der Waals surface area contributed by atoms with E-state index in [-0.39, 0.29) is 22.4 Å². The number of aryl methyl sites for hydroxylation is 1. The predicted molar refractivity (Wildman–Crippen MR) is 106 cm³/mol. The van der Waals surface area contributed by atoms with Crippen LogP contribution in [-0.4, -0.2) is 30.5 Å². The lowest BCUT2D eigenvalue weighted by molar-refractivity contribution is -0.384. The summed E-state index contributed by atoms with van der Waals surface area (Å²) >= 11 is 0. The Morgan fingerprint density at radius 3 is 2.44 bits per heavy atom. The second kappa shape index (κ2) is 9.16. The van der Waals surface area contributed by atoms with Crippen LogP contribution in [0, 0.1) is 16.0 Å². The van der Waals surface area contributed by atoms with Gasteiger partial charge in [0.25, 0.3) is 5.69 Å². The van der Waals surface area contributed by atoms with Crippen LogP contribution in [0.2, 0.25) is 0 Å². The second-order valence-electron chi connectivity index (χ2n) is 6.89. The molecule has 1 saturated heterocycles. The summed E-state index contributed by atoms with van der Waals surface area (Å²) < 4.78 is 0. The highest BCUT2D eigenvalue weighted by Gasteiger charge is 2.27. The Morgan fingerprint density at radius 1 is 1.07 bits per heavy atom. The summed E-state index contributed by atoms with van der Waals surface area (Å²) in [5.41, 5.74) is 2.05. The first kappa shape index (κ1) is 18.9. The van der Waals surface area contributed by atoms with E-state index in [0.29, 0.717) is 25.3 Å². The minimum atomic E-state index is -0.346. The molecule has 6 heteroatoms. The van der Waals surface area contributed by atoms with Crippen LogP contribution >= 0.6 is 0 Å². The number of amides is 1. The Bertz CT molecular complexity index is 771. The molecule has 2 aromatic carbocycles. The smallest absolute Gasteiger partial charge is 0.292 e. The fourth-order valence-electron chi connectivity index (χ4n) is 3.56. The van der Waals surface area contributed by atoms with E-state index < -0.39 is 0 Å². The molecule has 0 spiro atoms. The standard InChI is InChI=1S/C21H25N3O3/c25-21(22-14-6-9-17-7-2-1-3-8-17)18-12-15-23(16-13-18)19-10-4-5-11-20(19)24(26)27/h1-5,7-8,10-11,18H,6,9,12-16H2,(H,22,25). The first-order valence-electron chi connectivity index (χ1n) is 9.45. The van der Waals surface area contributed by atoms with Crippen molar-refractivity contribution in [3.63, 3.8) is 0 Å². The van der Waals surface area contributed by atoms with Crippen molar-refractivity contribution in [3.05, 3.63) is 70.3 Å². The van der Waals surface area contributed by atoms with Crippen LogP contribution in [-0.2, 0) is 11.2 Å². The molecule has 142 valence electrons. The van der Waals surface area contributed by atoms with Gasteiger partial charge < -0.3 is 10.2 Å². The number of para-hydroxylation sites is 2. The van der Waals surface area contributed by atoms with Crippen molar-refractivity contribution in [1.82, 2.24) is 5.32 Å². The van der Waals surface area contributed by atoms with Gasteiger partial charge in [0.2, 0.25) is 5.91 Å². The van der Waals surface area contributed by atoms with Crippen molar-refractivity contribution < 1.29 is 9.72 Å². The molecule has 27 heavy (non-hydrogen) atoms. The number of nitro groups is 1. The summed E-state index contributed by atoms with van der Waals surface area (Å²) in [5.74, 6) is 0.0889. The molecule has 6 nitrogen and oxygen atoms in total. The molecule has 0 radical (unpaired) electrons. The van der Waals surface area contributed by atoms with E-state index >= 15 is 0 Å². The maximum absolute atomic E-state index is 12.4. The first-order chi connectivity index (χ1) is 13.1. The van der Waals surface area contributed by atoms with E-state index in [9.17, 15) is 14.9 Å². The molecule has 1 aliphatic rings. The Balaban J connectivity index is 1.43. The van der Waals surface area contributed by atoms with Gasteiger partial charge >= 0.3 is 0 Å². The van der Waals surface area contributed by atoms with Gasteiger partial charge in [-0.15, -0.1) is 0 Å². The fraction of sp³-hybridized carbons (Fsp3) is 0.381. The maximum atomic E-state index is 12.4. The van der Waals surface area contributed by atoms with E-state index in [1.165, 1.54) is 11.6 Å². The number of carbonyl (C=O) groups excluding carboxylic acids is 1. The van der Waals surface area contributed by atoms with Crippen LogP contribution in [0.25, 0.3) is 0 Å². The van der Waals surface area contributed by atoms with E-state index in [2.05, 4.69) is 17.4 Å². The lowest BCUT2D eigenvalue weighted by Crippen LogP contribution is -2.41. The number of anilines is 1. The van der Waals surface area contributed by atoms with Gasteiger partial charge in [-0.3, -0.25) is 14.9 Å². The summed E-state index contributed by atoms with van der Waals surface area (Å²) in [4.78, 5) is 25.3. The first-order valence-corrected chi connectivity index (χ1v) is 9.45. The molecule has 0 aromatic heterocycles. The summed E-state index contributed by atoms with van der Waals surface area (Å²) in [6, 6.07) is 17.0. The minimum Gasteiger partial charge on any atom is -0.366 e. The number of hydrogen-bond acceptors (Lipinski definition) is 4. The zero-order valence-corrected chi connectivity index (χ0v) is 15.3. The van der Waals surface area contributed by atoms with Crippen LogP contribution in [0.1, 0.15) is 24.8 Å². The number of nitro benzene ring substituents is 1. The normalized spacial score (nSPS) is 14.7. The van der Waals surface area contributed by atoms with Crippen LogP contribution in [0.15, 0.2) is 54.6 Å². The number of piperidine rings is 1. The number of nitrogens with one attached hydrogen (secondary N) is 1. The average molecular weight is 367 g/mol. The third-order valence-electron chi connectivity index (χ3n) is 5.07. The number of rotatable bonds is 7. The monoisotopic (exact) mass is 367 g/mol. The van der Waals surface area contributed by atoms with E-state index in [1.807, 2.05) is 29.2 Å². The van der Waals surface area contributed by atoms with E-state index in [0.717, 1.165) is 25.7 Å². The summed E-state index contributed by atoms with van der Waals surface area (Å²) in [6.45, 7) is 2.00. The zero-order valence-electron chi connectivity index (χ0n) is 15.3. The van der Waals surface area contributed by atoms with Gasteiger partial charge in [-0.25, -0.2) is 0 Å². The van der Waals surface area contributed by atoms with Crippen LogP contribution in [0.5, 0.6) is 0 Å². The SMILES string of the molecule is O=C(NCCCc1ccccc1)C1CCN(c2ccccc2[N+](=O)[O-])CC1. The molecular formula is C21H25N3O3. The quantitative estimate of drug-likeness (QED) is 0.461. The third kappa shape index (κ3) is 5.06. The highest BCUT2D eigenvalue weighted by atomic mass is 16.6. The van der Waals surface area contributed by atoms with Crippen molar-refractivity contribution >= 4 is 17.3 Å². The maximum Gasteiger partial charge on any atom is 0.292 e. The van der Waals surface area contributed by atoms with Crippen molar-refractivity contribution in [3.8, 4) is 0 Å². The van der Waals surface area contributed by atoms with Gasteiger partial charge in [0.05, 0.1) is 4.92 Å². The van der Waals surface area contributed by atoms with E-state index in [1.54, 1.807) is 12.1 Å². The van der Waals surface area contributed by atoms with Gasteiger partial charge in [0.1, 0.15) is 5.69 Å². The molecule has 1 amide bonds. The van der Waals surface area contributed by atoms with Gasteiger partial charge in [-0.1, -0.05) is 42.5 Å². The summed E-state index contributed by atoms with van der Waals surface area (Å²) in [7, 11) is 0. The Labute approximate surface area is 159 Å². The fourth-order valence-corrected chi connectivity index (χ4v) is 3.56. The van der Waals surface area contributed by atoms with Gasteiger partial charge in [0, 0.05) is 31.6 Å². The predicted octanol–water partition coefficient (Wildman–Crippen LogP) is 3.56. The summed E-state index contributed by atoms with van der Waals surface area (Å²) in [6.07, 6.45) is 3.31. The van der Waals surface area contributed by atoms with Crippen molar-refractivity contribution in [2.75, 3.05) is 24.5 Å². The Morgan fingerprint density at radius 2 is 1.74 bits per heavy atom. The lowest BCUT2D eigenvalue weighted by Gasteiger charge is -2.32. The lowest BCUT2D eigenvalue weighted by atomic mass is 9.95. The molecule has 1 fully saturated rings. The molecule has 0 unspecified atom stereocenters. The molecular weight excluding hydrogens is 342 g/mol. The third-order valence-corrected chi connectivity index (χ3v) is 5.07. The molecule has 0 atom stereocenters. The van der Waals surface area contributed by atoms with Crippen LogP contribution < -0.4 is 10.2 Å². The number of benzene rings is 2. The van der Waals surface area contributed by atoms with Crippen molar-refractivity contribution in [1.29, 1.82) is 0 Å². The molecule has 1 N–H and O–H groups in total. The molecule has 0 saturated carbocycles. The Hall–Kier alpha value is -2.89. The van der Waals surface area contributed by atoms with Gasteiger partial charge in [-0.2, -0.15) is 0 Å². The molecule has 0 aliphatic carbocycles. The van der Waals surface area contributed by atoms with Gasteiger partial charge in [0.15, 0.2) is 0 Å². The molecule has 0 bridgehead atoms. The minimum absolute atomic E-state index is 0.0132. The summed E-state index contributed by atoms with van der Waals surface area (Å²) in [5, 5.41) is 14.2. The second-order valence-corrected chi connectivity index (χ2v) is 6.89. The molecule has 1 aliphatic heterocycles. The number of hydrogen-bond donors (Lipinski definition) is 1. The molecule has 3 rings (SSSR count). The zero-order chi connectivity index (χ0) is 19.1. The average Bonchev–Trinajstić information content (AvgIpc) is 2.72. The number of carbonyl (C=O) groups is 1. The highest BCUT2D eigenvalue weighted by molar-refractivity contribution is 5.79. The van der Waals surface area contributed by atoms with Crippen LogP contribution in [0.4, 0.5) is 11.4 Å². The topological polar surface area (TPSA) is 75.5 Å². The number of nitrogens with zero attached hydrogens (tertiary/aromatic N) is 2. The largest absolute Gasteiger partial charge is 0.366 e.